The molecule has 0 radical (unpaired) electrons. The molecule has 1 amide bonds. The Kier molecular flexibility index (Phi) is 5.17. The highest BCUT2D eigenvalue weighted by Gasteiger charge is 2.32. The third-order valence-electron chi connectivity index (χ3n) is 5.76. The molecule has 2 aliphatic rings. The topological polar surface area (TPSA) is 145 Å². The molecule has 1 aromatic carbocycles. The third kappa shape index (κ3) is 3.77. The summed E-state index contributed by atoms with van der Waals surface area (Å²) >= 11 is 1.50. The molecule has 11 nitrogen and oxygen atoms in total. The maximum absolute atomic E-state index is 11.3. The van der Waals surface area contributed by atoms with Crippen molar-refractivity contribution < 1.29 is 19.3 Å². The fourth-order valence-electron chi connectivity index (χ4n) is 4.07. The van der Waals surface area contributed by atoms with Gasteiger partial charge in [0.15, 0.2) is 11.3 Å². The number of morpholine rings is 1. The Morgan fingerprint density at radius 3 is 2.97 bits per heavy atom. The van der Waals surface area contributed by atoms with E-state index in [-0.39, 0.29) is 17.7 Å². The van der Waals surface area contributed by atoms with Gasteiger partial charge in [0.05, 0.1) is 35.5 Å². The van der Waals surface area contributed by atoms with E-state index < -0.39 is 5.91 Å². The number of nitrogens with one attached hydrogen (secondary N) is 3. The smallest absolute Gasteiger partial charge is 0.379 e. The molecule has 34 heavy (non-hydrogen) atoms. The van der Waals surface area contributed by atoms with Crippen molar-refractivity contribution in [3.63, 3.8) is 0 Å². The van der Waals surface area contributed by atoms with Crippen molar-refractivity contribution in [2.75, 3.05) is 31.6 Å². The molecule has 0 bridgehead atoms. The number of nitrogens with zero attached hydrogens (tertiary/aromatic N) is 4. The second-order valence-electron chi connectivity index (χ2n) is 7.88. The number of H-pyrrole nitrogens is 2. The Labute approximate surface area is 197 Å². The van der Waals surface area contributed by atoms with Gasteiger partial charge in [0, 0.05) is 30.1 Å². The number of thiophene rings is 1. The van der Waals surface area contributed by atoms with Gasteiger partial charge in [-0.05, 0) is 11.1 Å². The standard InChI is InChI=1S/C22H20N8O3S/c23-19(31)12-9-24-22(25-10-12)33-17-8-16-18(34-17)21(30-4-6-32-7-5-30)28-20(27-16)13-2-1-3-15-14(13)11-26-29-15/h1-3,8-11,21H,4-7H2,(H2,23,31)(H,26,29)(H,27,28)/p+1. The van der Waals surface area contributed by atoms with E-state index in [9.17, 15) is 4.79 Å². The summed E-state index contributed by atoms with van der Waals surface area (Å²) in [5.41, 5.74) is 8.41. The van der Waals surface area contributed by atoms with Crippen LogP contribution in [0.2, 0.25) is 0 Å². The van der Waals surface area contributed by atoms with Gasteiger partial charge in [0.25, 0.3) is 5.91 Å². The predicted octanol–water partition coefficient (Wildman–Crippen LogP) is 1.93. The van der Waals surface area contributed by atoms with Crippen LogP contribution in [0.4, 0.5) is 5.69 Å². The second-order valence-corrected chi connectivity index (χ2v) is 8.92. The summed E-state index contributed by atoms with van der Waals surface area (Å²) in [7, 11) is 0. The molecule has 6 rings (SSSR count). The highest BCUT2D eigenvalue weighted by Crippen LogP contribution is 2.44. The van der Waals surface area contributed by atoms with E-state index in [1.165, 1.54) is 23.7 Å². The van der Waals surface area contributed by atoms with Crippen molar-refractivity contribution in [2.24, 2.45) is 10.7 Å². The van der Waals surface area contributed by atoms with Gasteiger partial charge in [-0.25, -0.2) is 9.98 Å². The first-order chi connectivity index (χ1) is 16.7. The number of amidine groups is 1. The van der Waals surface area contributed by atoms with Crippen molar-refractivity contribution in [1.82, 2.24) is 20.1 Å². The van der Waals surface area contributed by atoms with Gasteiger partial charge in [-0.15, -0.1) is 0 Å². The van der Waals surface area contributed by atoms with Crippen molar-refractivity contribution in [2.45, 2.75) is 6.17 Å². The van der Waals surface area contributed by atoms with Crippen LogP contribution in [0.1, 0.15) is 27.0 Å². The largest absolute Gasteiger partial charge is 0.502 e. The van der Waals surface area contributed by atoms with Crippen LogP contribution in [0, 0.1) is 0 Å². The van der Waals surface area contributed by atoms with Crippen molar-refractivity contribution >= 4 is 39.7 Å². The molecule has 1 saturated heterocycles. The maximum atomic E-state index is 11.3. The van der Waals surface area contributed by atoms with Gasteiger partial charge in [-0.3, -0.25) is 14.8 Å². The van der Waals surface area contributed by atoms with Gasteiger partial charge in [-0.2, -0.15) is 5.10 Å². The van der Waals surface area contributed by atoms with E-state index in [0.29, 0.717) is 18.3 Å². The summed E-state index contributed by atoms with van der Waals surface area (Å²) < 4.78 is 11.5. The van der Waals surface area contributed by atoms with Crippen LogP contribution < -0.4 is 20.8 Å². The van der Waals surface area contributed by atoms with E-state index in [1.807, 2.05) is 30.5 Å². The molecule has 12 heteroatoms. The van der Waals surface area contributed by atoms with Crippen LogP contribution in [0.5, 0.6) is 11.1 Å². The number of benzene rings is 1. The van der Waals surface area contributed by atoms with Gasteiger partial charge >= 0.3 is 6.01 Å². The quantitative estimate of drug-likeness (QED) is 0.398. The number of fused-ring (bicyclic) bond motifs is 2. The molecule has 5 N–H and O–H groups in total. The molecule has 4 aromatic rings. The van der Waals surface area contributed by atoms with Gasteiger partial charge in [0.2, 0.25) is 0 Å². The number of rotatable bonds is 5. The Hall–Kier alpha value is -3.87. The van der Waals surface area contributed by atoms with E-state index in [1.54, 1.807) is 0 Å². The number of anilines is 1. The zero-order valence-electron chi connectivity index (χ0n) is 17.9. The molecule has 1 fully saturated rings. The molecule has 0 saturated carbocycles. The number of hydrogen-bond donors (Lipinski definition) is 3. The lowest BCUT2D eigenvalue weighted by Crippen LogP contribution is -2.40. The number of carbonyl (C=O) groups is 1. The number of aromatic amines is 2. The summed E-state index contributed by atoms with van der Waals surface area (Å²) in [6.45, 7) is 2.91. The van der Waals surface area contributed by atoms with Gasteiger partial charge < -0.3 is 20.5 Å². The van der Waals surface area contributed by atoms with Crippen molar-refractivity contribution in [1.29, 1.82) is 0 Å². The summed E-state index contributed by atoms with van der Waals surface area (Å²) in [4.78, 5) is 26.8. The number of nitrogens with two attached hydrogens (primary N) is 1. The van der Waals surface area contributed by atoms with E-state index in [4.69, 9.17) is 20.2 Å². The van der Waals surface area contributed by atoms with E-state index in [2.05, 4.69) is 30.4 Å². The normalized spacial score (nSPS) is 18.2. The third-order valence-corrected chi connectivity index (χ3v) is 6.82. The number of amides is 1. The highest BCUT2D eigenvalue weighted by molar-refractivity contribution is 7.14. The SMILES string of the molecule is NC(=O)c1cnc(Oc2cc3c(s2)C(N2CCOCC2)N=C(c2cccc4[nH]ncc24)N3)[nH+]c1. The molecule has 1 atom stereocenters. The molecule has 2 aliphatic heterocycles. The van der Waals surface area contributed by atoms with Crippen LogP contribution in [-0.2, 0) is 4.74 Å². The van der Waals surface area contributed by atoms with Gasteiger partial charge in [0.1, 0.15) is 23.8 Å². The number of aliphatic imine (C=N–C) groups is 1. The number of primary amides is 1. The molecule has 0 aliphatic carbocycles. The molecular weight excluding hydrogens is 456 g/mol. The maximum Gasteiger partial charge on any atom is 0.502 e. The van der Waals surface area contributed by atoms with Crippen LogP contribution in [0.15, 0.2) is 47.8 Å². The van der Waals surface area contributed by atoms with E-state index in [0.717, 1.165) is 46.0 Å². The number of ether oxygens (including phenoxy) is 2. The average molecular weight is 478 g/mol. The molecule has 3 aromatic heterocycles. The van der Waals surface area contributed by atoms with Crippen molar-refractivity contribution in [3.05, 3.63) is 58.9 Å². The lowest BCUT2D eigenvalue weighted by atomic mass is 10.1. The fraction of sp³-hybridized carbons (Fsp3) is 0.227. The molecule has 0 spiro atoms. The zero-order valence-corrected chi connectivity index (χ0v) is 18.8. The minimum absolute atomic E-state index is 0.172. The number of hydrogen-bond acceptors (Lipinski definition) is 9. The first-order valence-electron chi connectivity index (χ1n) is 10.7. The Bertz CT molecular complexity index is 1390. The average Bonchev–Trinajstić information content (AvgIpc) is 3.50. The van der Waals surface area contributed by atoms with Crippen LogP contribution in [0.25, 0.3) is 10.9 Å². The fourth-order valence-corrected chi connectivity index (χ4v) is 5.11. The summed E-state index contributed by atoms with van der Waals surface area (Å²) in [6.07, 6.45) is 4.49. The summed E-state index contributed by atoms with van der Waals surface area (Å²) in [5, 5.41) is 12.3. The minimum atomic E-state index is -0.559. The van der Waals surface area contributed by atoms with Crippen LogP contribution >= 0.6 is 11.3 Å². The summed E-state index contributed by atoms with van der Waals surface area (Å²) in [6, 6.07) is 8.21. The van der Waals surface area contributed by atoms with Gasteiger partial charge in [-0.1, -0.05) is 23.5 Å². The van der Waals surface area contributed by atoms with Crippen LogP contribution in [-0.4, -0.2) is 58.1 Å². The summed E-state index contributed by atoms with van der Waals surface area (Å²) in [5.74, 6) is 0.215. The Morgan fingerprint density at radius 1 is 1.29 bits per heavy atom. The molecular formula is C22H21N8O3S+. The first kappa shape index (κ1) is 20.7. The lowest BCUT2D eigenvalue weighted by Gasteiger charge is -2.34. The number of carbonyl (C=O) groups excluding carboxylic acids is 1. The molecule has 5 heterocycles. The molecule has 1 unspecified atom stereocenters. The van der Waals surface area contributed by atoms with Crippen LogP contribution in [0.3, 0.4) is 0 Å². The second kappa shape index (κ2) is 8.48. The lowest BCUT2D eigenvalue weighted by molar-refractivity contribution is -0.396. The minimum Gasteiger partial charge on any atom is -0.379 e. The molecule has 172 valence electrons. The van der Waals surface area contributed by atoms with E-state index >= 15 is 0 Å². The van der Waals surface area contributed by atoms with Crippen molar-refractivity contribution in [3.8, 4) is 11.1 Å². The number of aromatic nitrogens is 4. The first-order valence-corrected chi connectivity index (χ1v) is 11.6. The Balaban J connectivity index is 1.35. The predicted molar refractivity (Wildman–Crippen MR) is 125 cm³/mol. The highest BCUT2D eigenvalue weighted by atomic mass is 32.1. The Morgan fingerprint density at radius 2 is 2.18 bits per heavy atom. The zero-order chi connectivity index (χ0) is 23.1. The monoisotopic (exact) mass is 477 g/mol.